The van der Waals surface area contributed by atoms with E-state index < -0.39 is 0 Å². The van der Waals surface area contributed by atoms with Crippen molar-refractivity contribution in [2.45, 2.75) is 6.92 Å². The summed E-state index contributed by atoms with van der Waals surface area (Å²) in [5.41, 5.74) is 2.94. The second kappa shape index (κ2) is 3.79. The molecule has 4 heteroatoms. The lowest BCUT2D eigenvalue weighted by atomic mass is 10.1. The van der Waals surface area contributed by atoms with E-state index in [0.29, 0.717) is 5.75 Å². The van der Waals surface area contributed by atoms with Gasteiger partial charge < -0.3 is 5.11 Å². The molecule has 0 aromatic heterocycles. The van der Waals surface area contributed by atoms with Gasteiger partial charge in [-0.2, -0.15) is 0 Å². The van der Waals surface area contributed by atoms with E-state index in [1.165, 1.54) is 0 Å². The predicted molar refractivity (Wildman–Crippen MR) is 64.1 cm³/mol. The molecular weight excluding hydrogens is 214 g/mol. The summed E-state index contributed by atoms with van der Waals surface area (Å²) in [6, 6.07) is 5.55. The highest BCUT2D eigenvalue weighted by atomic mass is 33.1. The van der Waals surface area contributed by atoms with E-state index in [2.05, 4.69) is 16.0 Å². The van der Waals surface area contributed by atoms with Crippen molar-refractivity contribution in [2.24, 2.45) is 4.36 Å². The maximum Gasteiger partial charge on any atom is 0.119 e. The minimum atomic E-state index is 0.0492. The largest absolute Gasteiger partial charge is 0.508 e. The van der Waals surface area contributed by atoms with Gasteiger partial charge in [0, 0.05) is 22.8 Å². The van der Waals surface area contributed by atoms with Crippen LogP contribution in [0.15, 0.2) is 28.0 Å². The van der Waals surface area contributed by atoms with E-state index in [-0.39, 0.29) is 9.72 Å². The lowest BCUT2D eigenvalue weighted by Crippen LogP contribution is -1.85. The third kappa shape index (κ3) is 1.72. The van der Waals surface area contributed by atoms with Gasteiger partial charge in [-0.1, -0.05) is 22.9 Å². The zero-order valence-corrected chi connectivity index (χ0v) is 9.65. The summed E-state index contributed by atoms with van der Waals surface area (Å²) in [4.78, 5) is 0. The molecule has 0 fully saturated rings. The van der Waals surface area contributed by atoms with Crippen molar-refractivity contribution in [3.63, 3.8) is 0 Å². The number of benzene rings is 1. The Morgan fingerprint density at radius 1 is 1.43 bits per heavy atom. The molecule has 0 aliphatic carbocycles. The van der Waals surface area contributed by atoms with Crippen LogP contribution in [-0.4, -0.2) is 11.4 Å². The van der Waals surface area contributed by atoms with Crippen LogP contribution in [0.3, 0.4) is 0 Å². The molecule has 2 nitrogen and oxygen atoms in total. The monoisotopic (exact) mass is 225 g/mol. The molecule has 1 N–H and O–H groups in total. The molecule has 1 aromatic rings. The van der Waals surface area contributed by atoms with E-state index in [1.54, 1.807) is 16.9 Å². The summed E-state index contributed by atoms with van der Waals surface area (Å²) in [7, 11) is 1.78. The first-order valence-corrected chi connectivity index (χ1v) is 7.21. The summed E-state index contributed by atoms with van der Waals surface area (Å²) in [5, 5.41) is 11.6. The summed E-state index contributed by atoms with van der Waals surface area (Å²) in [6.45, 7) is 1.91. The standard InChI is InChI=1S/C10H11NOS2/c1-7-8(4-3-5-10(7)12)9-6-13-14(2)11-9/h3-6,12H,1-2H3. The molecule has 0 radical (unpaired) electrons. The van der Waals surface area contributed by atoms with Crippen LogP contribution in [0.2, 0.25) is 0 Å². The Labute approximate surface area is 89.5 Å². The summed E-state index contributed by atoms with van der Waals surface area (Å²) >= 11 is 0. The average Bonchev–Trinajstić information content (AvgIpc) is 2.57. The van der Waals surface area contributed by atoms with Crippen molar-refractivity contribution in [3.05, 3.63) is 34.7 Å². The second-order valence-electron chi connectivity index (χ2n) is 3.06. The summed E-state index contributed by atoms with van der Waals surface area (Å²) in [5.74, 6) is 0.339. The normalized spacial score (nSPS) is 20.4. The second-order valence-corrected chi connectivity index (χ2v) is 6.55. The average molecular weight is 225 g/mol. The summed E-state index contributed by atoms with van der Waals surface area (Å²) in [6.07, 6.45) is 2.09. The molecule has 1 unspecified atom stereocenters. The van der Waals surface area contributed by atoms with Gasteiger partial charge in [0.2, 0.25) is 0 Å². The number of nitrogens with zero attached hydrogens (tertiary/aromatic N) is 1. The number of aromatic hydroxyl groups is 1. The molecule has 1 aliphatic heterocycles. The van der Waals surface area contributed by atoms with Crippen LogP contribution in [0, 0.1) is 6.92 Å². The molecule has 1 aliphatic rings. The van der Waals surface area contributed by atoms with E-state index in [9.17, 15) is 5.11 Å². The van der Waals surface area contributed by atoms with Crippen molar-refractivity contribution in [3.8, 4) is 5.75 Å². The molecular formula is C10H11NOS2. The van der Waals surface area contributed by atoms with E-state index in [4.69, 9.17) is 0 Å². The highest BCUT2D eigenvalue weighted by molar-refractivity contribution is 8.71. The Kier molecular flexibility index (Phi) is 2.65. The number of hydrogen-bond donors (Lipinski definition) is 1. The van der Waals surface area contributed by atoms with Crippen molar-refractivity contribution in [1.82, 2.24) is 0 Å². The molecule has 0 amide bonds. The molecule has 1 atom stereocenters. The first-order chi connectivity index (χ1) is 6.68. The van der Waals surface area contributed by atoms with Gasteiger partial charge in [0.05, 0.1) is 5.70 Å². The fourth-order valence-electron chi connectivity index (χ4n) is 1.31. The number of phenolic OH excluding ortho intramolecular Hbond substituents is 1. The van der Waals surface area contributed by atoms with E-state index in [0.717, 1.165) is 16.8 Å². The fourth-order valence-corrected chi connectivity index (χ4v) is 3.32. The van der Waals surface area contributed by atoms with Crippen LogP contribution in [0.25, 0.3) is 5.70 Å². The van der Waals surface area contributed by atoms with Crippen molar-refractivity contribution in [2.75, 3.05) is 6.26 Å². The highest BCUT2D eigenvalue weighted by Crippen LogP contribution is 2.34. The molecule has 14 heavy (non-hydrogen) atoms. The lowest BCUT2D eigenvalue weighted by molar-refractivity contribution is 0.471. The Bertz CT molecular complexity index is 438. The molecule has 0 bridgehead atoms. The Hall–Kier alpha value is -0.740. The zero-order chi connectivity index (χ0) is 10.1. The number of hydrogen-bond acceptors (Lipinski definition) is 3. The van der Waals surface area contributed by atoms with Gasteiger partial charge in [0.15, 0.2) is 0 Å². The first kappa shape index (κ1) is 9.80. The first-order valence-electron chi connectivity index (χ1n) is 4.22. The Balaban J connectivity index is 2.48. The smallest absolute Gasteiger partial charge is 0.119 e. The zero-order valence-electron chi connectivity index (χ0n) is 8.02. The third-order valence-corrected chi connectivity index (χ3v) is 4.51. The molecule has 0 spiro atoms. The van der Waals surface area contributed by atoms with E-state index >= 15 is 0 Å². The third-order valence-electron chi connectivity index (χ3n) is 2.11. The van der Waals surface area contributed by atoms with Crippen molar-refractivity contribution in [1.29, 1.82) is 0 Å². The maximum absolute atomic E-state index is 9.55. The highest BCUT2D eigenvalue weighted by Gasteiger charge is 2.11. The topological polar surface area (TPSA) is 32.6 Å². The van der Waals surface area contributed by atoms with Crippen LogP contribution in [0.5, 0.6) is 5.75 Å². The van der Waals surface area contributed by atoms with Crippen LogP contribution in [-0.2, 0) is 9.72 Å². The maximum atomic E-state index is 9.55. The van der Waals surface area contributed by atoms with Crippen LogP contribution >= 0.6 is 10.8 Å². The molecule has 0 saturated heterocycles. The van der Waals surface area contributed by atoms with Gasteiger partial charge in [0.25, 0.3) is 0 Å². The van der Waals surface area contributed by atoms with Crippen molar-refractivity contribution >= 4 is 26.2 Å². The lowest BCUT2D eigenvalue weighted by Gasteiger charge is -2.05. The SMILES string of the molecule is Cc1c(O)cccc1C1=CSS(C)=N1. The molecule has 0 saturated carbocycles. The Morgan fingerprint density at radius 3 is 2.86 bits per heavy atom. The van der Waals surface area contributed by atoms with Crippen molar-refractivity contribution < 1.29 is 5.11 Å². The van der Waals surface area contributed by atoms with Gasteiger partial charge >= 0.3 is 0 Å². The fraction of sp³-hybridized carbons (Fsp3) is 0.200. The molecule has 1 aromatic carbocycles. The minimum Gasteiger partial charge on any atom is -0.508 e. The molecule has 2 rings (SSSR count). The van der Waals surface area contributed by atoms with E-state index in [1.807, 2.05) is 19.1 Å². The van der Waals surface area contributed by atoms with Crippen LogP contribution in [0.4, 0.5) is 0 Å². The minimum absolute atomic E-state index is 0.0492. The van der Waals surface area contributed by atoms with Gasteiger partial charge in [-0.3, -0.25) is 0 Å². The molecule has 1 heterocycles. The number of phenols is 1. The van der Waals surface area contributed by atoms with Gasteiger partial charge in [-0.25, -0.2) is 4.36 Å². The van der Waals surface area contributed by atoms with Gasteiger partial charge in [0.1, 0.15) is 5.75 Å². The number of rotatable bonds is 1. The Morgan fingerprint density at radius 2 is 2.21 bits per heavy atom. The van der Waals surface area contributed by atoms with Crippen LogP contribution < -0.4 is 0 Å². The molecule has 74 valence electrons. The van der Waals surface area contributed by atoms with Crippen LogP contribution in [0.1, 0.15) is 11.1 Å². The van der Waals surface area contributed by atoms with Gasteiger partial charge in [-0.15, -0.1) is 0 Å². The summed E-state index contributed by atoms with van der Waals surface area (Å²) < 4.78 is 4.50. The van der Waals surface area contributed by atoms with Gasteiger partial charge in [-0.05, 0) is 22.7 Å². The quantitative estimate of drug-likeness (QED) is 0.745. The predicted octanol–water partition coefficient (Wildman–Crippen LogP) is 3.09.